The van der Waals surface area contributed by atoms with Crippen molar-refractivity contribution in [1.82, 2.24) is 4.98 Å². The van der Waals surface area contributed by atoms with Crippen LogP contribution in [0.5, 0.6) is 0 Å². The fourth-order valence-corrected chi connectivity index (χ4v) is 3.18. The molecule has 1 aromatic heterocycles. The van der Waals surface area contributed by atoms with Crippen molar-refractivity contribution in [2.75, 3.05) is 18.0 Å². The zero-order chi connectivity index (χ0) is 15.4. The van der Waals surface area contributed by atoms with Crippen molar-refractivity contribution in [3.8, 4) is 0 Å². The summed E-state index contributed by atoms with van der Waals surface area (Å²) in [4.78, 5) is 7.05. The molecule has 0 amide bonds. The molecule has 1 atom stereocenters. The number of aryl methyl sites for hydroxylation is 1. The maximum atomic E-state index is 10.5. The third-order valence-corrected chi connectivity index (χ3v) is 4.41. The number of anilines is 1. The van der Waals surface area contributed by atoms with E-state index < -0.39 is 6.10 Å². The van der Waals surface area contributed by atoms with Gasteiger partial charge in [0.05, 0.1) is 0 Å². The summed E-state index contributed by atoms with van der Waals surface area (Å²) < 4.78 is 0. The van der Waals surface area contributed by atoms with E-state index >= 15 is 0 Å². The average molecular weight is 296 g/mol. The van der Waals surface area contributed by atoms with E-state index in [0.29, 0.717) is 0 Å². The lowest BCUT2D eigenvalue weighted by Crippen LogP contribution is -2.25. The van der Waals surface area contributed by atoms with Crippen molar-refractivity contribution in [2.24, 2.45) is 0 Å². The third kappa shape index (κ3) is 3.30. The van der Waals surface area contributed by atoms with Gasteiger partial charge in [0.25, 0.3) is 0 Å². The lowest BCUT2D eigenvalue weighted by atomic mass is 10.0. The van der Waals surface area contributed by atoms with Crippen LogP contribution in [0.1, 0.15) is 48.5 Å². The molecule has 1 saturated heterocycles. The first-order chi connectivity index (χ1) is 10.8. The van der Waals surface area contributed by atoms with Crippen molar-refractivity contribution in [2.45, 2.75) is 38.7 Å². The van der Waals surface area contributed by atoms with E-state index in [4.69, 9.17) is 0 Å². The predicted octanol–water partition coefficient (Wildman–Crippen LogP) is 3.85. The van der Waals surface area contributed by atoms with Crippen LogP contribution in [0.4, 0.5) is 5.82 Å². The van der Waals surface area contributed by atoms with E-state index in [-0.39, 0.29) is 0 Å². The van der Waals surface area contributed by atoms with Gasteiger partial charge in [0.2, 0.25) is 0 Å². The zero-order valence-corrected chi connectivity index (χ0v) is 13.2. The molecule has 0 aliphatic carbocycles. The number of aliphatic hydroxyl groups is 1. The van der Waals surface area contributed by atoms with Gasteiger partial charge in [-0.1, -0.05) is 43.2 Å². The van der Waals surface area contributed by atoms with Gasteiger partial charge in [-0.2, -0.15) is 0 Å². The van der Waals surface area contributed by atoms with Crippen LogP contribution < -0.4 is 4.90 Å². The fourth-order valence-electron chi connectivity index (χ4n) is 3.18. The fraction of sp³-hybridized carbons (Fsp3) is 0.421. The summed E-state index contributed by atoms with van der Waals surface area (Å²) in [6.45, 7) is 4.28. The van der Waals surface area contributed by atoms with E-state index in [0.717, 1.165) is 35.6 Å². The number of pyridine rings is 1. The highest BCUT2D eigenvalue weighted by Gasteiger charge is 2.16. The maximum Gasteiger partial charge on any atom is 0.131 e. The van der Waals surface area contributed by atoms with E-state index in [1.807, 2.05) is 36.5 Å². The Kier molecular flexibility index (Phi) is 4.74. The molecule has 1 N–H and O–H groups in total. The normalized spacial score (nSPS) is 17.1. The van der Waals surface area contributed by atoms with Crippen LogP contribution in [0.25, 0.3) is 0 Å². The molecule has 2 heterocycles. The molecule has 3 nitrogen and oxygen atoms in total. The molecule has 0 spiro atoms. The number of nitrogens with zero attached hydrogens (tertiary/aromatic N) is 2. The second-order valence-electron chi connectivity index (χ2n) is 6.12. The number of aliphatic hydroxyl groups excluding tert-OH is 1. The van der Waals surface area contributed by atoms with Crippen LogP contribution in [0.2, 0.25) is 0 Å². The molecule has 0 unspecified atom stereocenters. The van der Waals surface area contributed by atoms with Gasteiger partial charge in [0, 0.05) is 24.8 Å². The Balaban J connectivity index is 1.82. The number of hydrogen-bond donors (Lipinski definition) is 1. The van der Waals surface area contributed by atoms with Gasteiger partial charge in [-0.25, -0.2) is 4.98 Å². The van der Waals surface area contributed by atoms with Gasteiger partial charge >= 0.3 is 0 Å². The quantitative estimate of drug-likeness (QED) is 0.934. The summed E-state index contributed by atoms with van der Waals surface area (Å²) >= 11 is 0. The van der Waals surface area contributed by atoms with Crippen molar-refractivity contribution in [3.05, 3.63) is 59.3 Å². The van der Waals surface area contributed by atoms with Gasteiger partial charge in [-0.15, -0.1) is 0 Å². The molecule has 0 saturated carbocycles. The number of rotatable bonds is 3. The summed E-state index contributed by atoms with van der Waals surface area (Å²) in [6, 6.07) is 11.8. The van der Waals surface area contributed by atoms with E-state index in [9.17, 15) is 5.11 Å². The molecule has 2 aromatic rings. The maximum absolute atomic E-state index is 10.5. The SMILES string of the molecule is Cc1cc([C@H](O)c2ccccc2)cnc1N1CCCCCC1. The minimum Gasteiger partial charge on any atom is -0.384 e. The highest BCUT2D eigenvalue weighted by atomic mass is 16.3. The van der Waals surface area contributed by atoms with E-state index in [2.05, 4.69) is 22.9 Å². The predicted molar refractivity (Wildman–Crippen MR) is 90.2 cm³/mol. The summed E-state index contributed by atoms with van der Waals surface area (Å²) in [5.41, 5.74) is 2.92. The van der Waals surface area contributed by atoms with Crippen molar-refractivity contribution in [1.29, 1.82) is 0 Å². The Labute approximate surface area is 132 Å². The van der Waals surface area contributed by atoms with Gasteiger partial charge < -0.3 is 10.0 Å². The Morgan fingerprint density at radius 1 is 1.00 bits per heavy atom. The minimum atomic E-state index is -0.606. The standard InChI is InChI=1S/C19H24N2O/c1-15-13-17(18(22)16-9-5-4-6-10-16)14-20-19(15)21-11-7-2-3-8-12-21/h4-6,9-10,13-14,18,22H,2-3,7-8,11-12H2,1H3/t18-/m1/s1. The number of hydrogen-bond acceptors (Lipinski definition) is 3. The van der Waals surface area contributed by atoms with Gasteiger partial charge in [-0.05, 0) is 37.0 Å². The molecule has 3 rings (SSSR count). The molecule has 0 bridgehead atoms. The van der Waals surface area contributed by atoms with Crippen LogP contribution in [0.15, 0.2) is 42.6 Å². The second kappa shape index (κ2) is 6.93. The zero-order valence-electron chi connectivity index (χ0n) is 13.2. The molecule has 22 heavy (non-hydrogen) atoms. The van der Waals surface area contributed by atoms with Crippen LogP contribution in [-0.4, -0.2) is 23.2 Å². The largest absolute Gasteiger partial charge is 0.384 e. The molecule has 116 valence electrons. The summed E-state index contributed by atoms with van der Waals surface area (Å²) in [6.07, 6.45) is 6.35. The lowest BCUT2D eigenvalue weighted by molar-refractivity contribution is 0.220. The molecule has 1 aliphatic heterocycles. The lowest BCUT2D eigenvalue weighted by Gasteiger charge is -2.24. The molecular weight excluding hydrogens is 272 g/mol. The molecular formula is C19H24N2O. The van der Waals surface area contributed by atoms with Crippen LogP contribution >= 0.6 is 0 Å². The summed E-state index contributed by atoms with van der Waals surface area (Å²) in [7, 11) is 0. The molecule has 1 aliphatic rings. The second-order valence-corrected chi connectivity index (χ2v) is 6.12. The Hall–Kier alpha value is -1.87. The topological polar surface area (TPSA) is 36.4 Å². The smallest absolute Gasteiger partial charge is 0.131 e. The van der Waals surface area contributed by atoms with Crippen molar-refractivity contribution < 1.29 is 5.11 Å². The molecule has 1 aromatic carbocycles. The first-order valence-corrected chi connectivity index (χ1v) is 8.20. The van der Waals surface area contributed by atoms with E-state index in [1.54, 1.807) is 0 Å². The monoisotopic (exact) mass is 296 g/mol. The first-order valence-electron chi connectivity index (χ1n) is 8.20. The average Bonchev–Trinajstić information content (AvgIpc) is 2.84. The van der Waals surface area contributed by atoms with Gasteiger partial charge in [-0.3, -0.25) is 0 Å². The summed E-state index contributed by atoms with van der Waals surface area (Å²) in [5, 5.41) is 10.5. The number of benzene rings is 1. The highest BCUT2D eigenvalue weighted by Crippen LogP contribution is 2.26. The van der Waals surface area contributed by atoms with E-state index in [1.165, 1.54) is 25.7 Å². The minimum absolute atomic E-state index is 0.606. The molecule has 0 radical (unpaired) electrons. The molecule has 3 heteroatoms. The summed E-state index contributed by atoms with van der Waals surface area (Å²) in [5.74, 6) is 1.07. The highest BCUT2D eigenvalue weighted by molar-refractivity contribution is 5.48. The van der Waals surface area contributed by atoms with Gasteiger partial charge in [0.15, 0.2) is 0 Å². The Morgan fingerprint density at radius 2 is 1.68 bits per heavy atom. The van der Waals surface area contributed by atoms with Crippen molar-refractivity contribution >= 4 is 5.82 Å². The first kappa shape index (κ1) is 15.0. The van der Waals surface area contributed by atoms with Crippen molar-refractivity contribution in [3.63, 3.8) is 0 Å². The van der Waals surface area contributed by atoms with Crippen LogP contribution in [-0.2, 0) is 0 Å². The Morgan fingerprint density at radius 3 is 2.32 bits per heavy atom. The third-order valence-electron chi connectivity index (χ3n) is 4.41. The van der Waals surface area contributed by atoms with Crippen LogP contribution in [0.3, 0.4) is 0 Å². The molecule has 1 fully saturated rings. The van der Waals surface area contributed by atoms with Gasteiger partial charge in [0.1, 0.15) is 11.9 Å². The van der Waals surface area contributed by atoms with Crippen LogP contribution in [0, 0.1) is 6.92 Å². The number of aromatic nitrogens is 1. The Bertz CT molecular complexity index is 604.